The first-order chi connectivity index (χ1) is 8.47. The minimum atomic E-state index is -1.77. The van der Waals surface area contributed by atoms with Gasteiger partial charge in [0, 0.05) is 0 Å². The minimum absolute atomic E-state index is 0.138. The monoisotopic (exact) mass is 260 g/mol. The van der Waals surface area contributed by atoms with Crippen LogP contribution in [0.15, 0.2) is 6.33 Å². The number of aliphatic hydroxyl groups excluding tert-OH is 2. The number of imidazole rings is 1. The lowest BCUT2D eigenvalue weighted by Gasteiger charge is -2.17. The zero-order valence-electron chi connectivity index (χ0n) is 9.23. The summed E-state index contributed by atoms with van der Waals surface area (Å²) >= 11 is 0. The molecule has 1 saturated heterocycles. The first-order valence-corrected chi connectivity index (χ1v) is 5.18. The average molecular weight is 260 g/mol. The molecular formula is C9H13FN4O4. The highest BCUT2D eigenvalue weighted by Gasteiger charge is 2.45. The molecule has 1 amide bonds. The van der Waals surface area contributed by atoms with Gasteiger partial charge in [0.25, 0.3) is 5.91 Å². The number of nitrogen functional groups attached to an aromatic ring is 1. The molecule has 18 heavy (non-hydrogen) atoms. The molecule has 0 aromatic carbocycles. The second-order valence-corrected chi connectivity index (χ2v) is 3.93. The van der Waals surface area contributed by atoms with Gasteiger partial charge < -0.3 is 26.4 Å². The second kappa shape index (κ2) is 4.52. The van der Waals surface area contributed by atoms with Crippen LogP contribution < -0.4 is 11.5 Å². The molecule has 0 radical (unpaired) electrons. The van der Waals surface area contributed by atoms with E-state index >= 15 is 0 Å². The van der Waals surface area contributed by atoms with Crippen molar-refractivity contribution >= 4 is 11.7 Å². The topological polar surface area (TPSA) is 137 Å². The van der Waals surface area contributed by atoms with Gasteiger partial charge in [0.15, 0.2) is 23.9 Å². The molecule has 0 unspecified atom stereocenters. The molecular weight excluding hydrogens is 247 g/mol. The predicted octanol–water partition coefficient (Wildman–Crippen LogP) is -1.85. The number of halogens is 1. The van der Waals surface area contributed by atoms with Crippen LogP contribution in [0.4, 0.5) is 10.2 Å². The van der Waals surface area contributed by atoms with Crippen LogP contribution in [0.3, 0.4) is 0 Å². The minimum Gasteiger partial charge on any atom is -0.394 e. The number of anilines is 1. The second-order valence-electron chi connectivity index (χ2n) is 3.93. The molecule has 4 atom stereocenters. The molecule has 1 fully saturated rings. The number of amides is 1. The van der Waals surface area contributed by atoms with Crippen LogP contribution in [0.2, 0.25) is 0 Å². The maximum Gasteiger partial charge on any atom is 0.269 e. The Morgan fingerprint density at radius 1 is 1.67 bits per heavy atom. The standard InChI is InChI=1S/C9H13FN4O4/c10-4-3(1-15)18-9(6(4)16)14-2-13-7(11)5(14)8(12)17/h2-4,6,9,15-16H,1,11H2,(H2,12,17)/t3-,4-,6-,9-/m1/s1. The molecule has 1 aromatic heterocycles. The van der Waals surface area contributed by atoms with E-state index in [9.17, 15) is 14.3 Å². The van der Waals surface area contributed by atoms with E-state index in [4.69, 9.17) is 21.3 Å². The molecule has 1 aliphatic rings. The van der Waals surface area contributed by atoms with Gasteiger partial charge in [-0.05, 0) is 0 Å². The number of carbonyl (C=O) groups excluding carboxylic acids is 1. The number of alkyl halides is 1. The molecule has 8 nitrogen and oxygen atoms in total. The quantitative estimate of drug-likeness (QED) is 0.503. The van der Waals surface area contributed by atoms with E-state index < -0.39 is 37.1 Å². The van der Waals surface area contributed by atoms with Crippen molar-refractivity contribution in [2.75, 3.05) is 12.3 Å². The number of hydrogen-bond donors (Lipinski definition) is 4. The fourth-order valence-corrected chi connectivity index (χ4v) is 1.91. The van der Waals surface area contributed by atoms with E-state index in [1.165, 1.54) is 0 Å². The van der Waals surface area contributed by atoms with Crippen LogP contribution in [0.1, 0.15) is 16.7 Å². The molecule has 0 aliphatic carbocycles. The normalized spacial score (nSPS) is 31.7. The van der Waals surface area contributed by atoms with E-state index in [0.29, 0.717) is 0 Å². The Morgan fingerprint density at radius 3 is 2.83 bits per heavy atom. The Morgan fingerprint density at radius 2 is 2.33 bits per heavy atom. The summed E-state index contributed by atoms with van der Waals surface area (Å²) in [5, 5.41) is 18.6. The molecule has 1 aromatic rings. The number of aromatic nitrogens is 2. The SMILES string of the molecule is NC(=O)c1c(N)ncn1[C@@H]1O[C@H](CO)[C@@H](F)[C@H]1O. The van der Waals surface area contributed by atoms with Gasteiger partial charge in [-0.2, -0.15) is 0 Å². The number of rotatable bonds is 3. The van der Waals surface area contributed by atoms with Crippen molar-refractivity contribution in [2.24, 2.45) is 5.73 Å². The van der Waals surface area contributed by atoms with E-state index in [1.54, 1.807) is 0 Å². The fraction of sp³-hybridized carbons (Fsp3) is 0.556. The Balaban J connectivity index is 2.36. The van der Waals surface area contributed by atoms with Gasteiger partial charge in [0.05, 0.1) is 12.9 Å². The third-order valence-corrected chi connectivity index (χ3v) is 2.80. The zero-order valence-corrected chi connectivity index (χ0v) is 9.23. The summed E-state index contributed by atoms with van der Waals surface area (Å²) in [5.41, 5.74) is 10.4. The van der Waals surface area contributed by atoms with Crippen LogP contribution in [0, 0.1) is 0 Å². The Labute approximate surface area is 101 Å². The summed E-state index contributed by atoms with van der Waals surface area (Å²) in [7, 11) is 0. The number of hydrogen-bond acceptors (Lipinski definition) is 6. The predicted molar refractivity (Wildman–Crippen MR) is 57.1 cm³/mol. The molecule has 2 heterocycles. The van der Waals surface area contributed by atoms with Gasteiger partial charge >= 0.3 is 0 Å². The summed E-state index contributed by atoms with van der Waals surface area (Å²) < 4.78 is 19.7. The van der Waals surface area contributed by atoms with Crippen molar-refractivity contribution < 1.29 is 24.1 Å². The Kier molecular flexibility index (Phi) is 3.20. The number of aliphatic hydroxyl groups is 2. The number of primary amides is 1. The third-order valence-electron chi connectivity index (χ3n) is 2.80. The maximum absolute atomic E-state index is 13.5. The highest BCUT2D eigenvalue weighted by Crippen LogP contribution is 2.32. The molecule has 100 valence electrons. The first kappa shape index (κ1) is 12.7. The number of carbonyl (C=O) groups is 1. The first-order valence-electron chi connectivity index (χ1n) is 5.18. The number of nitrogens with zero attached hydrogens (tertiary/aromatic N) is 2. The molecule has 0 spiro atoms. The number of nitrogens with two attached hydrogens (primary N) is 2. The summed E-state index contributed by atoms with van der Waals surface area (Å²) in [4.78, 5) is 14.9. The van der Waals surface area contributed by atoms with Gasteiger partial charge in [0.1, 0.15) is 12.2 Å². The highest BCUT2D eigenvalue weighted by atomic mass is 19.1. The van der Waals surface area contributed by atoms with E-state index in [2.05, 4.69) is 4.98 Å². The smallest absolute Gasteiger partial charge is 0.269 e. The van der Waals surface area contributed by atoms with Crippen molar-refractivity contribution in [3.8, 4) is 0 Å². The van der Waals surface area contributed by atoms with Crippen LogP contribution in [-0.2, 0) is 4.74 Å². The average Bonchev–Trinajstić information content (AvgIpc) is 2.82. The van der Waals surface area contributed by atoms with Gasteiger partial charge in [0.2, 0.25) is 0 Å². The van der Waals surface area contributed by atoms with Gasteiger partial charge in [-0.1, -0.05) is 0 Å². The third kappa shape index (κ3) is 1.82. The van der Waals surface area contributed by atoms with E-state index in [1.807, 2.05) is 0 Å². The lowest BCUT2D eigenvalue weighted by molar-refractivity contribution is -0.0520. The summed E-state index contributed by atoms with van der Waals surface area (Å²) in [6, 6.07) is 0. The van der Waals surface area contributed by atoms with Gasteiger partial charge in [-0.25, -0.2) is 9.37 Å². The van der Waals surface area contributed by atoms with Crippen molar-refractivity contribution in [1.29, 1.82) is 0 Å². The number of ether oxygens (including phenoxy) is 1. The fourth-order valence-electron chi connectivity index (χ4n) is 1.91. The molecule has 1 aliphatic heterocycles. The van der Waals surface area contributed by atoms with Crippen molar-refractivity contribution in [3.63, 3.8) is 0 Å². The van der Waals surface area contributed by atoms with Gasteiger partial charge in [-0.3, -0.25) is 9.36 Å². The molecule has 6 N–H and O–H groups in total. The summed E-state index contributed by atoms with van der Waals surface area (Å²) in [6.07, 6.45) is -4.58. The van der Waals surface area contributed by atoms with Crippen molar-refractivity contribution in [2.45, 2.75) is 24.6 Å². The lowest BCUT2D eigenvalue weighted by atomic mass is 10.1. The largest absolute Gasteiger partial charge is 0.394 e. The van der Waals surface area contributed by atoms with Gasteiger partial charge in [-0.15, -0.1) is 0 Å². The molecule has 9 heteroatoms. The molecule has 0 bridgehead atoms. The maximum atomic E-state index is 13.5. The van der Waals surface area contributed by atoms with Crippen LogP contribution in [0.5, 0.6) is 0 Å². The summed E-state index contributed by atoms with van der Waals surface area (Å²) in [6.45, 7) is -0.592. The zero-order chi connectivity index (χ0) is 13.4. The van der Waals surface area contributed by atoms with Crippen LogP contribution in [0.25, 0.3) is 0 Å². The Bertz CT molecular complexity index is 465. The lowest BCUT2D eigenvalue weighted by Crippen LogP contribution is -2.30. The molecule has 0 saturated carbocycles. The van der Waals surface area contributed by atoms with E-state index in [-0.39, 0.29) is 11.5 Å². The van der Waals surface area contributed by atoms with E-state index in [0.717, 1.165) is 10.9 Å². The van der Waals surface area contributed by atoms with Crippen LogP contribution >= 0.6 is 0 Å². The molecule has 2 rings (SSSR count). The van der Waals surface area contributed by atoms with Crippen molar-refractivity contribution in [3.05, 3.63) is 12.0 Å². The highest BCUT2D eigenvalue weighted by molar-refractivity contribution is 5.95. The van der Waals surface area contributed by atoms with Crippen molar-refractivity contribution in [1.82, 2.24) is 9.55 Å². The Hall–Kier alpha value is -1.71. The van der Waals surface area contributed by atoms with Crippen LogP contribution in [-0.4, -0.2) is 50.7 Å². The summed E-state index contributed by atoms with van der Waals surface area (Å²) in [5.74, 6) is -1.01.